The zero-order chi connectivity index (χ0) is 13.2. The molecule has 0 amide bonds. The van der Waals surface area contributed by atoms with Gasteiger partial charge in [0.25, 0.3) is 0 Å². The lowest BCUT2D eigenvalue weighted by molar-refractivity contribution is 0.0816. The lowest BCUT2D eigenvalue weighted by Crippen LogP contribution is -2.50. The molecule has 3 rings (SSSR count). The first-order chi connectivity index (χ1) is 9.35. The Morgan fingerprint density at radius 3 is 2.79 bits per heavy atom. The predicted octanol–water partition coefficient (Wildman–Crippen LogP) is 2.58. The highest BCUT2D eigenvalue weighted by Gasteiger charge is 2.40. The van der Waals surface area contributed by atoms with Crippen molar-refractivity contribution in [3.05, 3.63) is 29.8 Å². The number of hydrogen-bond acceptors (Lipinski definition) is 3. The summed E-state index contributed by atoms with van der Waals surface area (Å²) in [6, 6.07) is 10.1. The largest absolute Gasteiger partial charge is 0.492 e. The van der Waals surface area contributed by atoms with E-state index < -0.39 is 0 Å². The number of ether oxygens (including phenoxy) is 1. The topological polar surface area (TPSA) is 24.5 Å². The molecule has 3 heteroatoms. The summed E-state index contributed by atoms with van der Waals surface area (Å²) in [5.41, 5.74) is 1.31. The summed E-state index contributed by atoms with van der Waals surface area (Å²) in [5, 5.41) is 3.51. The van der Waals surface area contributed by atoms with E-state index in [1.807, 2.05) is 0 Å². The van der Waals surface area contributed by atoms with Gasteiger partial charge in [0.2, 0.25) is 0 Å². The van der Waals surface area contributed by atoms with Crippen molar-refractivity contribution >= 4 is 0 Å². The second-order valence-electron chi connectivity index (χ2n) is 5.65. The van der Waals surface area contributed by atoms with E-state index in [0.29, 0.717) is 12.1 Å². The van der Waals surface area contributed by atoms with Crippen LogP contribution in [0.3, 0.4) is 0 Å². The van der Waals surface area contributed by atoms with Crippen LogP contribution in [0.15, 0.2) is 24.3 Å². The van der Waals surface area contributed by atoms with Gasteiger partial charge in [0.1, 0.15) is 12.4 Å². The molecule has 0 radical (unpaired) electrons. The normalized spacial score (nSPS) is 26.1. The molecule has 1 heterocycles. The molecule has 0 aromatic heterocycles. The SMILES string of the molecule is CCCN(C1CC1)C1COc2ccccc2C1NC. The first-order valence-electron chi connectivity index (χ1n) is 7.50. The van der Waals surface area contributed by atoms with Gasteiger partial charge in [0, 0.05) is 11.6 Å². The van der Waals surface area contributed by atoms with Crippen LogP contribution in [0.25, 0.3) is 0 Å². The van der Waals surface area contributed by atoms with Crippen molar-refractivity contribution in [2.24, 2.45) is 0 Å². The number of nitrogens with zero attached hydrogens (tertiary/aromatic N) is 1. The van der Waals surface area contributed by atoms with Crippen molar-refractivity contribution in [1.29, 1.82) is 0 Å². The number of rotatable bonds is 5. The van der Waals surface area contributed by atoms with Crippen molar-refractivity contribution in [1.82, 2.24) is 10.2 Å². The van der Waals surface area contributed by atoms with E-state index in [-0.39, 0.29) is 0 Å². The maximum Gasteiger partial charge on any atom is 0.124 e. The molecule has 1 aliphatic carbocycles. The van der Waals surface area contributed by atoms with E-state index in [9.17, 15) is 0 Å². The fourth-order valence-electron chi connectivity index (χ4n) is 3.27. The van der Waals surface area contributed by atoms with Crippen molar-refractivity contribution in [3.8, 4) is 5.75 Å². The van der Waals surface area contributed by atoms with Gasteiger partial charge in [-0.3, -0.25) is 4.90 Å². The Kier molecular flexibility index (Phi) is 3.76. The minimum absolute atomic E-state index is 0.386. The zero-order valence-electron chi connectivity index (χ0n) is 11.9. The third-order valence-corrected chi connectivity index (χ3v) is 4.28. The van der Waals surface area contributed by atoms with Crippen molar-refractivity contribution < 1.29 is 4.74 Å². The Morgan fingerprint density at radius 2 is 2.11 bits per heavy atom. The summed E-state index contributed by atoms with van der Waals surface area (Å²) in [7, 11) is 2.07. The highest BCUT2D eigenvalue weighted by Crippen LogP contribution is 2.38. The Bertz CT molecular complexity index is 431. The molecule has 2 unspecified atom stereocenters. The van der Waals surface area contributed by atoms with Crippen LogP contribution in [0.5, 0.6) is 5.75 Å². The van der Waals surface area contributed by atoms with E-state index in [2.05, 4.69) is 48.5 Å². The van der Waals surface area contributed by atoms with E-state index in [4.69, 9.17) is 4.74 Å². The molecule has 1 saturated carbocycles. The molecule has 2 atom stereocenters. The van der Waals surface area contributed by atoms with Gasteiger partial charge >= 0.3 is 0 Å². The van der Waals surface area contributed by atoms with E-state index in [0.717, 1.165) is 18.4 Å². The minimum Gasteiger partial charge on any atom is -0.492 e. The standard InChI is InChI=1S/C16H24N2O/c1-3-10-18(12-8-9-12)14-11-19-15-7-5-4-6-13(15)16(14)17-2/h4-7,12,14,16-17H,3,8-11H2,1-2H3. The fraction of sp³-hybridized carbons (Fsp3) is 0.625. The van der Waals surface area contributed by atoms with Crippen molar-refractivity contribution in [2.45, 2.75) is 44.3 Å². The number of likely N-dealkylation sites (N-methyl/N-ethyl adjacent to an activating group) is 1. The second-order valence-corrected chi connectivity index (χ2v) is 5.65. The first kappa shape index (κ1) is 12.9. The van der Waals surface area contributed by atoms with Gasteiger partial charge in [0.05, 0.1) is 12.1 Å². The highest BCUT2D eigenvalue weighted by atomic mass is 16.5. The third kappa shape index (κ3) is 2.49. The quantitative estimate of drug-likeness (QED) is 0.880. The monoisotopic (exact) mass is 260 g/mol. The molecule has 1 aliphatic heterocycles. The van der Waals surface area contributed by atoms with Crippen LogP contribution in [0.2, 0.25) is 0 Å². The highest BCUT2D eigenvalue weighted by molar-refractivity contribution is 5.38. The lowest BCUT2D eigenvalue weighted by atomic mass is 9.95. The first-order valence-corrected chi connectivity index (χ1v) is 7.50. The Balaban J connectivity index is 1.86. The molecule has 2 aliphatic rings. The number of benzene rings is 1. The summed E-state index contributed by atoms with van der Waals surface area (Å²) < 4.78 is 5.99. The van der Waals surface area contributed by atoms with Gasteiger partial charge in [0.15, 0.2) is 0 Å². The van der Waals surface area contributed by atoms with Crippen LogP contribution < -0.4 is 10.1 Å². The zero-order valence-corrected chi connectivity index (χ0v) is 11.9. The lowest BCUT2D eigenvalue weighted by Gasteiger charge is -2.40. The van der Waals surface area contributed by atoms with Crippen LogP contribution in [-0.2, 0) is 0 Å². The molecular formula is C16H24N2O. The molecule has 3 nitrogen and oxygen atoms in total. The van der Waals surface area contributed by atoms with Gasteiger partial charge in [-0.15, -0.1) is 0 Å². The molecule has 1 aromatic rings. The van der Waals surface area contributed by atoms with Gasteiger partial charge in [-0.05, 0) is 38.9 Å². The summed E-state index contributed by atoms with van der Waals surface area (Å²) in [5.74, 6) is 1.05. The number of hydrogen-bond donors (Lipinski definition) is 1. The smallest absolute Gasteiger partial charge is 0.124 e. The van der Waals surface area contributed by atoms with Crippen LogP contribution >= 0.6 is 0 Å². The van der Waals surface area contributed by atoms with Gasteiger partial charge < -0.3 is 10.1 Å². The predicted molar refractivity (Wildman–Crippen MR) is 77.5 cm³/mol. The molecule has 0 saturated heterocycles. The molecule has 1 N–H and O–H groups in total. The minimum atomic E-state index is 0.386. The summed E-state index contributed by atoms with van der Waals surface area (Å²) in [6.07, 6.45) is 3.92. The van der Waals surface area contributed by atoms with Crippen molar-refractivity contribution in [3.63, 3.8) is 0 Å². The van der Waals surface area contributed by atoms with Gasteiger partial charge in [-0.2, -0.15) is 0 Å². The van der Waals surface area contributed by atoms with E-state index in [1.54, 1.807) is 0 Å². The van der Waals surface area contributed by atoms with Crippen LogP contribution in [0.4, 0.5) is 0 Å². The van der Waals surface area contributed by atoms with Crippen molar-refractivity contribution in [2.75, 3.05) is 20.2 Å². The molecule has 1 aromatic carbocycles. The maximum absolute atomic E-state index is 5.99. The number of fused-ring (bicyclic) bond motifs is 1. The average Bonchev–Trinajstić information content (AvgIpc) is 3.28. The Hall–Kier alpha value is -1.06. The second kappa shape index (κ2) is 5.51. The van der Waals surface area contributed by atoms with E-state index >= 15 is 0 Å². The molecule has 19 heavy (non-hydrogen) atoms. The Labute approximate surface area is 115 Å². The molecule has 0 spiro atoms. The molecule has 104 valence electrons. The molecular weight excluding hydrogens is 236 g/mol. The summed E-state index contributed by atoms with van der Waals surface area (Å²) in [4.78, 5) is 2.66. The van der Waals surface area contributed by atoms with Gasteiger partial charge in [-0.1, -0.05) is 25.1 Å². The third-order valence-electron chi connectivity index (χ3n) is 4.28. The summed E-state index contributed by atoms with van der Waals surface area (Å²) >= 11 is 0. The van der Waals surface area contributed by atoms with Crippen LogP contribution in [0.1, 0.15) is 37.8 Å². The molecule has 0 bridgehead atoms. The summed E-state index contributed by atoms with van der Waals surface area (Å²) in [6.45, 7) is 4.25. The number of nitrogens with one attached hydrogen (secondary N) is 1. The van der Waals surface area contributed by atoms with E-state index in [1.165, 1.54) is 31.4 Å². The van der Waals surface area contributed by atoms with Crippen LogP contribution in [-0.4, -0.2) is 37.2 Å². The van der Waals surface area contributed by atoms with Crippen LogP contribution in [0, 0.1) is 0 Å². The maximum atomic E-state index is 5.99. The van der Waals surface area contributed by atoms with Gasteiger partial charge in [-0.25, -0.2) is 0 Å². The molecule has 1 fully saturated rings. The number of para-hydroxylation sites is 1. The fourth-order valence-corrected chi connectivity index (χ4v) is 3.27. The Morgan fingerprint density at radius 1 is 1.32 bits per heavy atom. The average molecular weight is 260 g/mol.